The fraction of sp³-hybridized carbons (Fsp3) is 0.800. The van der Waals surface area contributed by atoms with E-state index in [4.69, 9.17) is 15.7 Å². The largest absolute Gasteiger partial charge is 0.368 e. The molecule has 136 valence electrons. The number of hydrogen-bond acceptors (Lipinski definition) is 5. The Labute approximate surface area is 150 Å². The molecule has 2 heterocycles. The number of nitrogens with two attached hydrogens (primary N) is 1. The number of nitrogens with one attached hydrogen (secondary N) is 1. The van der Waals surface area contributed by atoms with Gasteiger partial charge in [0.05, 0.1) is 5.69 Å². The number of hydrogen-bond donors (Lipinski definition) is 2. The Morgan fingerprint density at radius 1 is 1.00 bits per heavy atom. The summed E-state index contributed by atoms with van der Waals surface area (Å²) in [5.74, 6) is 1.68. The molecule has 1 aliphatic heterocycles. The zero-order chi connectivity index (χ0) is 16.9. The van der Waals surface area contributed by atoms with Crippen molar-refractivity contribution < 1.29 is 0 Å². The second-order valence-corrected chi connectivity index (χ2v) is 8.68. The van der Waals surface area contributed by atoms with Crippen LogP contribution in [0.3, 0.4) is 0 Å². The Balaban J connectivity index is 1.58. The molecular formula is C20H31N5. The van der Waals surface area contributed by atoms with Crippen LogP contribution in [-0.2, 0) is 11.8 Å². The number of nitrogens with zero attached hydrogens (tertiary/aromatic N) is 3. The number of anilines is 2. The maximum atomic E-state index is 6.24. The van der Waals surface area contributed by atoms with Gasteiger partial charge in [0.15, 0.2) is 0 Å². The van der Waals surface area contributed by atoms with Crippen LogP contribution in [0.1, 0.15) is 75.5 Å². The number of fused-ring (bicyclic) bond motifs is 3. The van der Waals surface area contributed by atoms with E-state index in [-0.39, 0.29) is 0 Å². The molecule has 2 saturated carbocycles. The summed E-state index contributed by atoms with van der Waals surface area (Å²) < 4.78 is 0. The van der Waals surface area contributed by atoms with Crippen molar-refractivity contribution in [3.63, 3.8) is 0 Å². The standard InChI is InChI=1S/C20H31N5/c21-19-23-17-14(6-5-11-20(17)9-3-4-10-20)18(24-19)25-13-12-22-15-7-1-2-8-16(15)25/h15-16,22H,1-13H2,(H2,21,23,24). The maximum Gasteiger partial charge on any atom is 0.222 e. The van der Waals surface area contributed by atoms with Crippen LogP contribution >= 0.6 is 0 Å². The normalized spacial score (nSPS) is 31.0. The van der Waals surface area contributed by atoms with Gasteiger partial charge in [0.2, 0.25) is 5.95 Å². The van der Waals surface area contributed by atoms with Crippen LogP contribution in [0, 0.1) is 0 Å². The second-order valence-electron chi connectivity index (χ2n) is 8.68. The molecule has 3 N–H and O–H groups in total. The summed E-state index contributed by atoms with van der Waals surface area (Å²) >= 11 is 0. The molecule has 1 spiro atoms. The lowest BCUT2D eigenvalue weighted by atomic mass is 9.71. The predicted molar refractivity (Wildman–Crippen MR) is 101 cm³/mol. The fourth-order valence-electron chi connectivity index (χ4n) is 6.18. The number of rotatable bonds is 1. The lowest BCUT2D eigenvalue weighted by Gasteiger charge is -2.46. The smallest absolute Gasteiger partial charge is 0.222 e. The molecule has 1 saturated heterocycles. The quantitative estimate of drug-likeness (QED) is 0.822. The average molecular weight is 342 g/mol. The van der Waals surface area contributed by atoms with E-state index in [9.17, 15) is 0 Å². The molecule has 4 aliphatic rings. The molecule has 5 heteroatoms. The van der Waals surface area contributed by atoms with Crippen LogP contribution in [0.2, 0.25) is 0 Å². The SMILES string of the molecule is Nc1nc(N2CCNC3CCCCC32)c2c(n1)C1(CCCC1)CCC2. The Bertz CT molecular complexity index is 650. The van der Waals surface area contributed by atoms with Crippen LogP contribution in [-0.4, -0.2) is 35.1 Å². The van der Waals surface area contributed by atoms with Gasteiger partial charge in [-0.05, 0) is 44.9 Å². The highest BCUT2D eigenvalue weighted by molar-refractivity contribution is 5.56. The first-order valence-corrected chi connectivity index (χ1v) is 10.4. The van der Waals surface area contributed by atoms with Gasteiger partial charge < -0.3 is 16.0 Å². The number of nitrogen functional groups attached to an aromatic ring is 1. The minimum Gasteiger partial charge on any atom is -0.368 e. The van der Waals surface area contributed by atoms with Crippen LogP contribution < -0.4 is 16.0 Å². The number of aromatic nitrogens is 2. The molecule has 1 aromatic rings. The van der Waals surface area contributed by atoms with Crippen LogP contribution in [0.4, 0.5) is 11.8 Å². The van der Waals surface area contributed by atoms with Gasteiger partial charge in [-0.25, -0.2) is 4.98 Å². The molecule has 0 aromatic carbocycles. The summed E-state index contributed by atoms with van der Waals surface area (Å²) in [5.41, 5.74) is 9.31. The minimum atomic E-state index is 0.305. The van der Waals surface area contributed by atoms with Crippen molar-refractivity contribution in [1.82, 2.24) is 15.3 Å². The first kappa shape index (κ1) is 15.9. The molecule has 1 aromatic heterocycles. The summed E-state index contributed by atoms with van der Waals surface area (Å²) in [6, 6.07) is 1.21. The van der Waals surface area contributed by atoms with Crippen molar-refractivity contribution >= 4 is 11.8 Å². The van der Waals surface area contributed by atoms with Crippen molar-refractivity contribution in [2.45, 2.75) is 88.1 Å². The molecule has 0 amide bonds. The van der Waals surface area contributed by atoms with Crippen molar-refractivity contribution in [3.8, 4) is 0 Å². The van der Waals surface area contributed by atoms with Gasteiger partial charge >= 0.3 is 0 Å². The Morgan fingerprint density at radius 3 is 2.68 bits per heavy atom. The predicted octanol–water partition coefficient (Wildman–Crippen LogP) is 2.93. The molecule has 3 fully saturated rings. The van der Waals surface area contributed by atoms with Crippen LogP contribution in [0.15, 0.2) is 0 Å². The molecule has 5 rings (SSSR count). The molecule has 25 heavy (non-hydrogen) atoms. The van der Waals surface area contributed by atoms with Crippen molar-refractivity contribution in [3.05, 3.63) is 11.3 Å². The third-order valence-corrected chi connectivity index (χ3v) is 7.31. The van der Waals surface area contributed by atoms with Crippen LogP contribution in [0.5, 0.6) is 0 Å². The summed E-state index contributed by atoms with van der Waals surface area (Å²) in [7, 11) is 0. The van der Waals surface area contributed by atoms with Gasteiger partial charge in [-0.15, -0.1) is 0 Å². The van der Waals surface area contributed by atoms with Gasteiger partial charge in [0.1, 0.15) is 5.82 Å². The lowest BCUT2D eigenvalue weighted by Crippen LogP contribution is -2.59. The lowest BCUT2D eigenvalue weighted by molar-refractivity contribution is 0.281. The number of piperazine rings is 1. The molecule has 5 nitrogen and oxygen atoms in total. The second kappa shape index (κ2) is 6.11. The first-order chi connectivity index (χ1) is 12.3. The Hall–Kier alpha value is -1.36. The summed E-state index contributed by atoms with van der Waals surface area (Å²) in [6.07, 6.45) is 14.3. The highest BCUT2D eigenvalue weighted by atomic mass is 15.3. The Kier molecular flexibility index (Phi) is 3.88. The third kappa shape index (κ3) is 2.54. The van der Waals surface area contributed by atoms with E-state index in [1.54, 1.807) is 0 Å². The van der Waals surface area contributed by atoms with Gasteiger partial charge in [0.25, 0.3) is 0 Å². The molecule has 3 aliphatic carbocycles. The molecular weight excluding hydrogens is 310 g/mol. The minimum absolute atomic E-state index is 0.305. The van der Waals surface area contributed by atoms with E-state index in [0.717, 1.165) is 19.5 Å². The van der Waals surface area contributed by atoms with E-state index in [0.29, 0.717) is 23.4 Å². The monoisotopic (exact) mass is 341 g/mol. The van der Waals surface area contributed by atoms with E-state index in [1.807, 2.05) is 0 Å². The highest BCUT2D eigenvalue weighted by Crippen LogP contribution is 2.50. The first-order valence-electron chi connectivity index (χ1n) is 10.4. The molecule has 2 atom stereocenters. The van der Waals surface area contributed by atoms with Crippen LogP contribution in [0.25, 0.3) is 0 Å². The third-order valence-electron chi connectivity index (χ3n) is 7.31. The molecule has 0 bridgehead atoms. The van der Waals surface area contributed by atoms with Crippen molar-refractivity contribution in [1.29, 1.82) is 0 Å². The molecule has 0 radical (unpaired) electrons. The Morgan fingerprint density at radius 2 is 1.80 bits per heavy atom. The van der Waals surface area contributed by atoms with Gasteiger partial charge in [-0.2, -0.15) is 4.98 Å². The van der Waals surface area contributed by atoms with Crippen molar-refractivity contribution in [2.24, 2.45) is 0 Å². The van der Waals surface area contributed by atoms with Gasteiger partial charge in [-0.1, -0.05) is 25.7 Å². The maximum absolute atomic E-state index is 6.24. The average Bonchev–Trinajstić information content (AvgIpc) is 3.11. The van der Waals surface area contributed by atoms with Crippen molar-refractivity contribution in [2.75, 3.05) is 23.7 Å². The fourth-order valence-corrected chi connectivity index (χ4v) is 6.18. The van der Waals surface area contributed by atoms with Gasteiger partial charge in [-0.3, -0.25) is 0 Å². The topological polar surface area (TPSA) is 67.1 Å². The van der Waals surface area contributed by atoms with E-state index < -0.39 is 0 Å². The van der Waals surface area contributed by atoms with E-state index >= 15 is 0 Å². The summed E-state index contributed by atoms with van der Waals surface area (Å²) in [4.78, 5) is 12.3. The molecule has 2 unspecified atom stereocenters. The zero-order valence-electron chi connectivity index (χ0n) is 15.3. The van der Waals surface area contributed by atoms with E-state index in [2.05, 4.69) is 10.2 Å². The summed E-state index contributed by atoms with van der Waals surface area (Å²) in [5, 5.41) is 3.75. The highest BCUT2D eigenvalue weighted by Gasteiger charge is 2.43. The summed E-state index contributed by atoms with van der Waals surface area (Å²) in [6.45, 7) is 2.11. The van der Waals surface area contributed by atoms with E-state index in [1.165, 1.54) is 81.3 Å². The zero-order valence-corrected chi connectivity index (χ0v) is 15.3. The van der Waals surface area contributed by atoms with Gasteiger partial charge in [0, 0.05) is 36.2 Å².